The first-order valence-corrected chi connectivity index (χ1v) is 7.97. The van der Waals surface area contributed by atoms with Crippen molar-refractivity contribution in [2.75, 3.05) is 13.7 Å². The van der Waals surface area contributed by atoms with Crippen LogP contribution in [0.25, 0.3) is 10.8 Å². The molecule has 0 aliphatic carbocycles. The molecule has 0 aromatic heterocycles. The fourth-order valence-electron chi connectivity index (χ4n) is 2.63. The summed E-state index contributed by atoms with van der Waals surface area (Å²) in [7, 11) is 1.67. The van der Waals surface area contributed by atoms with E-state index in [1.807, 2.05) is 36.4 Å². The Balaban J connectivity index is 1.69. The molecular formula is C21H20O3. The summed E-state index contributed by atoms with van der Waals surface area (Å²) >= 11 is 0. The highest BCUT2D eigenvalue weighted by atomic mass is 16.5. The van der Waals surface area contributed by atoms with E-state index in [0.29, 0.717) is 12.2 Å². The van der Waals surface area contributed by atoms with Crippen LogP contribution in [0.15, 0.2) is 66.7 Å². The van der Waals surface area contributed by atoms with E-state index < -0.39 is 0 Å². The number of methoxy groups -OCH3 is 1. The standard InChI is InChI=1S/C21H20O3/c1-15(14-24-21(22)16-6-4-3-5-7-16)17-8-9-19-13-20(23-2)11-10-18(19)12-17/h3-13,15H,14H2,1-2H3. The minimum atomic E-state index is -0.284. The number of hydrogen-bond acceptors (Lipinski definition) is 3. The van der Waals surface area contributed by atoms with Crippen LogP contribution in [0.1, 0.15) is 28.8 Å². The van der Waals surface area contributed by atoms with Gasteiger partial charge in [0, 0.05) is 5.92 Å². The third kappa shape index (κ3) is 3.57. The molecule has 3 aromatic rings. The van der Waals surface area contributed by atoms with Crippen LogP contribution in [0.4, 0.5) is 0 Å². The molecule has 0 amide bonds. The molecule has 0 bridgehead atoms. The molecule has 0 saturated carbocycles. The van der Waals surface area contributed by atoms with Crippen molar-refractivity contribution >= 4 is 16.7 Å². The summed E-state index contributed by atoms with van der Waals surface area (Å²) in [6.45, 7) is 2.42. The van der Waals surface area contributed by atoms with Gasteiger partial charge < -0.3 is 9.47 Å². The van der Waals surface area contributed by atoms with E-state index >= 15 is 0 Å². The fraction of sp³-hybridized carbons (Fsp3) is 0.190. The molecule has 0 aliphatic heterocycles. The second-order valence-corrected chi connectivity index (χ2v) is 5.84. The van der Waals surface area contributed by atoms with E-state index in [9.17, 15) is 4.79 Å². The number of fused-ring (bicyclic) bond motifs is 1. The maximum absolute atomic E-state index is 12.0. The Kier molecular flexibility index (Phi) is 4.80. The monoisotopic (exact) mass is 320 g/mol. The Hall–Kier alpha value is -2.81. The first kappa shape index (κ1) is 16.1. The third-order valence-electron chi connectivity index (χ3n) is 4.11. The molecule has 0 fully saturated rings. The summed E-state index contributed by atoms with van der Waals surface area (Å²) in [5.41, 5.74) is 1.73. The second kappa shape index (κ2) is 7.18. The van der Waals surface area contributed by atoms with Gasteiger partial charge in [-0.25, -0.2) is 4.79 Å². The van der Waals surface area contributed by atoms with Crippen LogP contribution in [-0.4, -0.2) is 19.7 Å². The molecule has 0 aliphatic rings. The summed E-state index contributed by atoms with van der Waals surface area (Å²) in [5.74, 6) is 0.692. The van der Waals surface area contributed by atoms with Crippen molar-refractivity contribution in [2.24, 2.45) is 0 Å². The number of hydrogen-bond donors (Lipinski definition) is 0. The van der Waals surface area contributed by atoms with E-state index in [2.05, 4.69) is 25.1 Å². The van der Waals surface area contributed by atoms with Crippen LogP contribution in [0.2, 0.25) is 0 Å². The third-order valence-corrected chi connectivity index (χ3v) is 4.11. The lowest BCUT2D eigenvalue weighted by Crippen LogP contribution is -2.11. The van der Waals surface area contributed by atoms with Crippen LogP contribution in [0.3, 0.4) is 0 Å². The van der Waals surface area contributed by atoms with Crippen molar-refractivity contribution in [1.82, 2.24) is 0 Å². The van der Waals surface area contributed by atoms with Gasteiger partial charge in [-0.05, 0) is 40.6 Å². The Morgan fingerprint density at radius 2 is 1.67 bits per heavy atom. The Morgan fingerprint density at radius 3 is 2.42 bits per heavy atom. The van der Waals surface area contributed by atoms with Gasteiger partial charge in [-0.2, -0.15) is 0 Å². The smallest absolute Gasteiger partial charge is 0.338 e. The van der Waals surface area contributed by atoms with Gasteiger partial charge in [0.1, 0.15) is 5.75 Å². The quantitative estimate of drug-likeness (QED) is 0.633. The summed E-state index contributed by atoms with van der Waals surface area (Å²) in [6, 6.07) is 21.3. The minimum Gasteiger partial charge on any atom is -0.497 e. The molecule has 3 heteroatoms. The predicted octanol–water partition coefficient (Wildman–Crippen LogP) is 4.81. The zero-order chi connectivity index (χ0) is 16.9. The van der Waals surface area contributed by atoms with E-state index in [0.717, 1.165) is 22.1 Å². The molecule has 122 valence electrons. The molecule has 24 heavy (non-hydrogen) atoms. The number of ether oxygens (including phenoxy) is 2. The largest absolute Gasteiger partial charge is 0.497 e. The van der Waals surface area contributed by atoms with E-state index in [1.165, 1.54) is 0 Å². The Labute approximate surface area is 141 Å². The average molecular weight is 320 g/mol. The highest BCUT2D eigenvalue weighted by Crippen LogP contribution is 2.25. The molecule has 0 spiro atoms. The van der Waals surface area contributed by atoms with Crippen molar-refractivity contribution in [2.45, 2.75) is 12.8 Å². The van der Waals surface area contributed by atoms with Crippen molar-refractivity contribution < 1.29 is 14.3 Å². The molecule has 3 rings (SSSR count). The van der Waals surface area contributed by atoms with Gasteiger partial charge >= 0.3 is 5.97 Å². The maximum atomic E-state index is 12.0. The van der Waals surface area contributed by atoms with Gasteiger partial charge in [0.15, 0.2) is 0 Å². The normalized spacial score (nSPS) is 11.9. The van der Waals surface area contributed by atoms with Crippen LogP contribution in [0, 0.1) is 0 Å². The van der Waals surface area contributed by atoms with Crippen LogP contribution in [-0.2, 0) is 4.74 Å². The number of esters is 1. The zero-order valence-corrected chi connectivity index (χ0v) is 13.9. The van der Waals surface area contributed by atoms with Crippen LogP contribution >= 0.6 is 0 Å². The lowest BCUT2D eigenvalue weighted by molar-refractivity contribution is 0.0485. The van der Waals surface area contributed by atoms with Gasteiger partial charge in [-0.3, -0.25) is 0 Å². The first-order chi connectivity index (χ1) is 11.7. The average Bonchev–Trinajstić information content (AvgIpc) is 2.65. The molecule has 3 aromatic carbocycles. The Morgan fingerprint density at radius 1 is 0.958 bits per heavy atom. The van der Waals surface area contributed by atoms with E-state index in [1.54, 1.807) is 19.2 Å². The molecule has 0 N–H and O–H groups in total. The van der Waals surface area contributed by atoms with Crippen LogP contribution in [0.5, 0.6) is 5.75 Å². The van der Waals surface area contributed by atoms with Crippen molar-refractivity contribution in [3.05, 3.63) is 77.9 Å². The lowest BCUT2D eigenvalue weighted by Gasteiger charge is -2.14. The topological polar surface area (TPSA) is 35.5 Å². The maximum Gasteiger partial charge on any atom is 0.338 e. The summed E-state index contributed by atoms with van der Waals surface area (Å²) < 4.78 is 10.7. The van der Waals surface area contributed by atoms with Gasteiger partial charge in [0.25, 0.3) is 0 Å². The Bertz CT molecular complexity index is 840. The summed E-state index contributed by atoms with van der Waals surface area (Å²) in [5, 5.41) is 2.28. The molecule has 0 radical (unpaired) electrons. The lowest BCUT2D eigenvalue weighted by atomic mass is 9.98. The molecule has 0 heterocycles. The number of benzene rings is 3. The fourth-order valence-corrected chi connectivity index (χ4v) is 2.63. The van der Waals surface area contributed by atoms with Gasteiger partial charge in [0.05, 0.1) is 19.3 Å². The van der Waals surface area contributed by atoms with Gasteiger partial charge in [-0.15, -0.1) is 0 Å². The van der Waals surface area contributed by atoms with Crippen LogP contribution < -0.4 is 4.74 Å². The molecule has 0 saturated heterocycles. The molecule has 1 unspecified atom stereocenters. The summed E-state index contributed by atoms with van der Waals surface area (Å²) in [6.07, 6.45) is 0. The first-order valence-electron chi connectivity index (χ1n) is 7.97. The molecular weight excluding hydrogens is 300 g/mol. The number of rotatable bonds is 5. The van der Waals surface area contributed by atoms with Gasteiger partial charge in [-0.1, -0.05) is 49.4 Å². The predicted molar refractivity (Wildman–Crippen MR) is 95.6 cm³/mol. The van der Waals surface area contributed by atoms with Crippen molar-refractivity contribution in [1.29, 1.82) is 0 Å². The number of carbonyl (C=O) groups excluding carboxylic acids is 1. The van der Waals surface area contributed by atoms with E-state index in [4.69, 9.17) is 9.47 Å². The van der Waals surface area contributed by atoms with E-state index in [-0.39, 0.29) is 11.9 Å². The minimum absolute atomic E-state index is 0.129. The molecule has 3 nitrogen and oxygen atoms in total. The number of carbonyl (C=O) groups is 1. The molecule has 1 atom stereocenters. The highest BCUT2D eigenvalue weighted by molar-refractivity contribution is 5.89. The SMILES string of the molecule is COc1ccc2cc(C(C)COC(=O)c3ccccc3)ccc2c1. The zero-order valence-electron chi connectivity index (χ0n) is 13.9. The van der Waals surface area contributed by atoms with Crippen molar-refractivity contribution in [3.8, 4) is 5.75 Å². The highest BCUT2D eigenvalue weighted by Gasteiger charge is 2.11. The van der Waals surface area contributed by atoms with Crippen molar-refractivity contribution in [3.63, 3.8) is 0 Å². The summed E-state index contributed by atoms with van der Waals surface area (Å²) in [4.78, 5) is 12.0. The van der Waals surface area contributed by atoms with Gasteiger partial charge in [0.2, 0.25) is 0 Å². The second-order valence-electron chi connectivity index (χ2n) is 5.84.